The molecule has 1 unspecified atom stereocenters. The molecule has 3 heteroatoms. The zero-order chi connectivity index (χ0) is 10.8. The van der Waals surface area contributed by atoms with Crippen LogP contribution in [0.2, 0.25) is 0 Å². The molecule has 2 aliphatic rings. The molecule has 2 rings (SSSR count). The number of aldehydes is 1. The Hall–Kier alpha value is -1.51. The molecule has 0 saturated carbocycles. The number of ether oxygens (including phenoxy) is 2. The topological polar surface area (TPSA) is 35.5 Å². The summed E-state index contributed by atoms with van der Waals surface area (Å²) in [6.45, 7) is 2.65. The number of hydrogen-bond acceptors (Lipinski definition) is 3. The molecular formula is C12H14O3. The van der Waals surface area contributed by atoms with Crippen LogP contribution in [-0.2, 0) is 14.3 Å². The number of carbonyl (C=O) groups excluding carboxylic acids is 1. The van der Waals surface area contributed by atoms with Gasteiger partial charge in [-0.05, 0) is 12.2 Å². The van der Waals surface area contributed by atoms with E-state index in [0.717, 1.165) is 29.8 Å². The van der Waals surface area contributed by atoms with E-state index >= 15 is 0 Å². The molecule has 80 valence electrons. The predicted molar refractivity (Wildman–Crippen MR) is 56.0 cm³/mol. The van der Waals surface area contributed by atoms with Gasteiger partial charge in [-0.15, -0.1) is 0 Å². The van der Waals surface area contributed by atoms with Crippen LogP contribution in [0.15, 0.2) is 34.8 Å². The number of allylic oxidation sites excluding steroid dienone is 3. The Labute approximate surface area is 89.1 Å². The van der Waals surface area contributed by atoms with E-state index in [1.165, 1.54) is 0 Å². The predicted octanol–water partition coefficient (Wildman–Crippen LogP) is 1.97. The van der Waals surface area contributed by atoms with Crippen molar-refractivity contribution in [2.45, 2.75) is 13.3 Å². The van der Waals surface area contributed by atoms with Crippen LogP contribution in [0.1, 0.15) is 13.3 Å². The third-order valence-electron chi connectivity index (χ3n) is 2.86. The van der Waals surface area contributed by atoms with E-state index in [4.69, 9.17) is 9.47 Å². The van der Waals surface area contributed by atoms with E-state index in [2.05, 4.69) is 0 Å². The van der Waals surface area contributed by atoms with Crippen LogP contribution in [0.4, 0.5) is 0 Å². The summed E-state index contributed by atoms with van der Waals surface area (Å²) < 4.78 is 10.7. The maximum atomic E-state index is 10.9. The lowest BCUT2D eigenvalue weighted by Gasteiger charge is -2.13. The SMILES string of the molecule is COC1=CC2=C(C=C(C=O)C1C)OCC2. The summed E-state index contributed by atoms with van der Waals surface area (Å²) in [5.74, 6) is 1.64. The van der Waals surface area contributed by atoms with Gasteiger partial charge in [0, 0.05) is 23.5 Å². The van der Waals surface area contributed by atoms with Crippen molar-refractivity contribution in [3.63, 3.8) is 0 Å². The van der Waals surface area contributed by atoms with Crippen molar-refractivity contribution in [2.75, 3.05) is 13.7 Å². The summed E-state index contributed by atoms with van der Waals surface area (Å²) in [4.78, 5) is 10.9. The van der Waals surface area contributed by atoms with Crippen molar-refractivity contribution in [1.29, 1.82) is 0 Å². The first-order chi connectivity index (χ1) is 7.26. The van der Waals surface area contributed by atoms with E-state index in [0.29, 0.717) is 12.2 Å². The average Bonchev–Trinajstić information content (AvgIpc) is 2.64. The molecular weight excluding hydrogens is 192 g/mol. The summed E-state index contributed by atoms with van der Waals surface area (Å²) in [5.41, 5.74) is 1.82. The van der Waals surface area contributed by atoms with Crippen molar-refractivity contribution in [3.8, 4) is 0 Å². The Bertz CT molecular complexity index is 374. The zero-order valence-electron chi connectivity index (χ0n) is 8.95. The second-order valence-corrected chi connectivity index (χ2v) is 3.72. The average molecular weight is 206 g/mol. The maximum absolute atomic E-state index is 10.9. The highest BCUT2D eigenvalue weighted by molar-refractivity contribution is 5.76. The summed E-state index contributed by atoms with van der Waals surface area (Å²) in [5, 5.41) is 0. The first-order valence-electron chi connectivity index (χ1n) is 5.04. The first-order valence-corrected chi connectivity index (χ1v) is 5.04. The molecule has 0 N–H and O–H groups in total. The van der Waals surface area contributed by atoms with Crippen LogP contribution in [0.5, 0.6) is 0 Å². The molecule has 0 spiro atoms. The first kappa shape index (κ1) is 10.0. The molecule has 1 aliphatic heterocycles. The highest BCUT2D eigenvalue weighted by Crippen LogP contribution is 2.31. The molecule has 0 amide bonds. The summed E-state index contributed by atoms with van der Waals surface area (Å²) >= 11 is 0. The molecule has 0 fully saturated rings. The third kappa shape index (κ3) is 1.69. The fraction of sp³-hybridized carbons (Fsp3) is 0.417. The van der Waals surface area contributed by atoms with Crippen LogP contribution in [0, 0.1) is 5.92 Å². The molecule has 0 aromatic carbocycles. The lowest BCUT2D eigenvalue weighted by atomic mass is 10.0. The second kappa shape index (κ2) is 3.93. The van der Waals surface area contributed by atoms with Gasteiger partial charge in [0.05, 0.1) is 13.7 Å². The van der Waals surface area contributed by atoms with Gasteiger partial charge < -0.3 is 9.47 Å². The quantitative estimate of drug-likeness (QED) is 0.648. The van der Waals surface area contributed by atoms with E-state index in [9.17, 15) is 4.79 Å². The molecule has 0 radical (unpaired) electrons. The molecule has 0 aromatic rings. The largest absolute Gasteiger partial charge is 0.500 e. The van der Waals surface area contributed by atoms with Gasteiger partial charge in [0.25, 0.3) is 0 Å². The lowest BCUT2D eigenvalue weighted by molar-refractivity contribution is -0.105. The van der Waals surface area contributed by atoms with Gasteiger partial charge in [-0.25, -0.2) is 0 Å². The van der Waals surface area contributed by atoms with Crippen LogP contribution < -0.4 is 0 Å². The standard InChI is InChI=1S/C12H14O3/c1-8-10(7-13)6-12-9(3-4-15-12)5-11(8)14-2/h5-8H,3-4H2,1-2H3. The molecule has 15 heavy (non-hydrogen) atoms. The number of methoxy groups -OCH3 is 1. The normalized spacial score (nSPS) is 24.8. The molecule has 0 aromatic heterocycles. The number of rotatable bonds is 2. The smallest absolute Gasteiger partial charge is 0.146 e. The summed E-state index contributed by atoms with van der Waals surface area (Å²) in [6, 6.07) is 0. The van der Waals surface area contributed by atoms with Crippen molar-refractivity contribution < 1.29 is 14.3 Å². The lowest BCUT2D eigenvalue weighted by Crippen LogP contribution is -2.06. The van der Waals surface area contributed by atoms with Gasteiger partial charge in [0.15, 0.2) is 0 Å². The Morgan fingerprint density at radius 2 is 2.33 bits per heavy atom. The van der Waals surface area contributed by atoms with Gasteiger partial charge in [-0.3, -0.25) is 4.79 Å². The fourth-order valence-electron chi connectivity index (χ4n) is 1.87. The molecule has 1 aliphatic carbocycles. The van der Waals surface area contributed by atoms with Crippen molar-refractivity contribution >= 4 is 6.29 Å². The van der Waals surface area contributed by atoms with E-state index in [1.807, 2.05) is 19.1 Å². The molecule has 1 atom stereocenters. The Kier molecular flexibility index (Phi) is 2.62. The number of hydrogen-bond donors (Lipinski definition) is 0. The van der Waals surface area contributed by atoms with E-state index < -0.39 is 0 Å². The second-order valence-electron chi connectivity index (χ2n) is 3.72. The summed E-state index contributed by atoms with van der Waals surface area (Å²) in [7, 11) is 1.63. The van der Waals surface area contributed by atoms with Gasteiger partial charge in [-0.1, -0.05) is 6.92 Å². The summed E-state index contributed by atoms with van der Waals surface area (Å²) in [6.07, 6.45) is 5.56. The van der Waals surface area contributed by atoms with E-state index in [1.54, 1.807) is 7.11 Å². The minimum Gasteiger partial charge on any atom is -0.500 e. The van der Waals surface area contributed by atoms with Crippen molar-refractivity contribution in [1.82, 2.24) is 0 Å². The van der Waals surface area contributed by atoms with Crippen LogP contribution in [0.3, 0.4) is 0 Å². The Morgan fingerprint density at radius 3 is 3.00 bits per heavy atom. The van der Waals surface area contributed by atoms with Gasteiger partial charge in [0.2, 0.25) is 0 Å². The Balaban J connectivity index is 2.46. The zero-order valence-corrected chi connectivity index (χ0v) is 8.95. The van der Waals surface area contributed by atoms with Crippen molar-refractivity contribution in [2.24, 2.45) is 5.92 Å². The van der Waals surface area contributed by atoms with Crippen LogP contribution in [0.25, 0.3) is 0 Å². The van der Waals surface area contributed by atoms with Gasteiger partial charge in [0.1, 0.15) is 17.8 Å². The fourth-order valence-corrected chi connectivity index (χ4v) is 1.87. The van der Waals surface area contributed by atoms with Gasteiger partial charge in [-0.2, -0.15) is 0 Å². The minimum atomic E-state index is 0.00157. The maximum Gasteiger partial charge on any atom is 0.146 e. The monoisotopic (exact) mass is 206 g/mol. The van der Waals surface area contributed by atoms with Gasteiger partial charge >= 0.3 is 0 Å². The highest BCUT2D eigenvalue weighted by Gasteiger charge is 2.23. The molecule has 3 nitrogen and oxygen atoms in total. The van der Waals surface area contributed by atoms with Crippen molar-refractivity contribution in [3.05, 3.63) is 34.8 Å². The van der Waals surface area contributed by atoms with E-state index in [-0.39, 0.29) is 5.92 Å². The number of carbonyl (C=O) groups is 1. The molecule has 0 saturated heterocycles. The minimum absolute atomic E-state index is 0.00157. The molecule has 1 heterocycles. The van der Waals surface area contributed by atoms with Crippen LogP contribution in [-0.4, -0.2) is 20.0 Å². The van der Waals surface area contributed by atoms with Crippen LogP contribution >= 0.6 is 0 Å². The highest BCUT2D eigenvalue weighted by atomic mass is 16.5. The molecule has 0 bridgehead atoms. The third-order valence-corrected chi connectivity index (χ3v) is 2.86. The Morgan fingerprint density at radius 1 is 1.53 bits per heavy atom.